The van der Waals surface area contributed by atoms with E-state index in [1.807, 2.05) is 13.8 Å². The van der Waals surface area contributed by atoms with Gasteiger partial charge in [0.25, 0.3) is 5.91 Å². The van der Waals surface area contributed by atoms with E-state index in [0.717, 1.165) is 12.1 Å². The summed E-state index contributed by atoms with van der Waals surface area (Å²) in [6.07, 6.45) is 2.58. The van der Waals surface area contributed by atoms with Gasteiger partial charge >= 0.3 is 0 Å². The molecule has 0 bridgehead atoms. The minimum Gasteiger partial charge on any atom is -0.378 e. The van der Waals surface area contributed by atoms with Crippen LogP contribution in [0, 0.1) is 5.82 Å². The Morgan fingerprint density at radius 1 is 1.31 bits per heavy atom. The van der Waals surface area contributed by atoms with Gasteiger partial charge < -0.3 is 10.1 Å². The van der Waals surface area contributed by atoms with E-state index in [-0.39, 0.29) is 22.9 Å². The molecule has 1 amide bonds. The lowest BCUT2D eigenvalue weighted by Crippen LogP contribution is -2.37. The first kappa shape index (κ1) is 21.4. The Kier molecular flexibility index (Phi) is 6.69. The molecule has 1 N–H and O–H groups in total. The lowest BCUT2D eigenvalue weighted by atomic mass is 10.1. The smallest absolute Gasteiger partial charge is 0.269 e. The maximum absolute atomic E-state index is 13.1. The highest BCUT2D eigenvalue weighted by Gasteiger charge is 2.33. The Bertz CT molecular complexity index is 941. The zero-order valence-electron chi connectivity index (χ0n) is 16.5. The van der Waals surface area contributed by atoms with E-state index in [2.05, 4.69) is 10.4 Å². The van der Waals surface area contributed by atoms with Gasteiger partial charge in [-0.2, -0.15) is 5.10 Å². The lowest BCUT2D eigenvalue weighted by Gasteiger charge is -2.29. The predicted molar refractivity (Wildman–Crippen MR) is 106 cm³/mol. The van der Waals surface area contributed by atoms with Crippen molar-refractivity contribution in [2.75, 3.05) is 13.2 Å². The van der Waals surface area contributed by atoms with E-state index in [1.165, 1.54) is 12.1 Å². The summed E-state index contributed by atoms with van der Waals surface area (Å²) in [5, 5.41) is 6.42. The molecule has 2 atom stereocenters. The fourth-order valence-corrected chi connectivity index (χ4v) is 5.26. The van der Waals surface area contributed by atoms with Crippen molar-refractivity contribution in [2.24, 2.45) is 0 Å². The predicted octanol–water partition coefficient (Wildman–Crippen LogP) is 2.74. The minimum atomic E-state index is -3.55. The molecule has 9 heteroatoms. The number of benzene rings is 1. The SMILES string of the molecule is CC(C)n1nccc1C(=O)NCC[C@@H]1C[C@@H](S(=O)(=O)c2ccc(F)cc2)CCO1. The molecule has 1 aliphatic rings. The number of aromatic nitrogens is 2. The quantitative estimate of drug-likeness (QED) is 0.692. The van der Waals surface area contributed by atoms with Crippen molar-refractivity contribution in [3.63, 3.8) is 0 Å². The van der Waals surface area contributed by atoms with Gasteiger partial charge in [0.2, 0.25) is 0 Å². The van der Waals surface area contributed by atoms with Crippen LogP contribution < -0.4 is 5.32 Å². The second-order valence-corrected chi connectivity index (χ2v) is 9.67. The summed E-state index contributed by atoms with van der Waals surface area (Å²) in [6, 6.07) is 6.64. The highest BCUT2D eigenvalue weighted by molar-refractivity contribution is 7.92. The van der Waals surface area contributed by atoms with E-state index >= 15 is 0 Å². The van der Waals surface area contributed by atoms with Crippen LogP contribution in [0.3, 0.4) is 0 Å². The summed E-state index contributed by atoms with van der Waals surface area (Å²) in [5.74, 6) is -0.689. The molecule has 1 aromatic carbocycles. The van der Waals surface area contributed by atoms with Crippen molar-refractivity contribution >= 4 is 15.7 Å². The van der Waals surface area contributed by atoms with Crippen LogP contribution in [0.15, 0.2) is 41.4 Å². The average Bonchev–Trinajstić information content (AvgIpc) is 3.19. The number of carbonyl (C=O) groups is 1. The molecule has 2 heterocycles. The van der Waals surface area contributed by atoms with E-state index in [9.17, 15) is 17.6 Å². The number of rotatable bonds is 7. The van der Waals surface area contributed by atoms with E-state index in [1.54, 1.807) is 16.9 Å². The molecule has 0 saturated carbocycles. The number of nitrogens with one attached hydrogen (secondary N) is 1. The molecule has 3 rings (SSSR count). The van der Waals surface area contributed by atoms with Gasteiger partial charge in [-0.3, -0.25) is 9.48 Å². The standard InChI is InChI=1S/C20H26FN3O4S/c1-14(2)24-19(8-11-23-24)20(25)22-10-7-16-13-18(9-12-28-16)29(26,27)17-5-3-15(21)4-6-17/h3-6,8,11,14,16,18H,7,9-10,12-13H2,1-2H3,(H,22,25)/t16-,18+/m1/s1. The lowest BCUT2D eigenvalue weighted by molar-refractivity contribution is 0.0132. The van der Waals surface area contributed by atoms with Crippen molar-refractivity contribution in [3.8, 4) is 0 Å². The summed E-state index contributed by atoms with van der Waals surface area (Å²) in [6.45, 7) is 4.60. The number of amides is 1. The summed E-state index contributed by atoms with van der Waals surface area (Å²) in [7, 11) is -3.55. The number of hydrogen-bond acceptors (Lipinski definition) is 5. The van der Waals surface area contributed by atoms with E-state index < -0.39 is 20.9 Å². The summed E-state index contributed by atoms with van der Waals surface area (Å²) >= 11 is 0. The number of nitrogens with zero attached hydrogens (tertiary/aromatic N) is 2. The zero-order valence-corrected chi connectivity index (χ0v) is 17.4. The molecule has 2 aromatic rings. The fourth-order valence-electron chi connectivity index (χ4n) is 3.49. The molecule has 1 aliphatic heterocycles. The van der Waals surface area contributed by atoms with Crippen LogP contribution in [0.4, 0.5) is 4.39 Å². The van der Waals surface area contributed by atoms with Crippen LogP contribution in [-0.4, -0.2) is 48.6 Å². The molecule has 0 aliphatic carbocycles. The number of hydrogen-bond donors (Lipinski definition) is 1. The van der Waals surface area contributed by atoms with E-state index in [0.29, 0.717) is 38.1 Å². The van der Waals surface area contributed by atoms with Gasteiger partial charge in [0.15, 0.2) is 9.84 Å². The second-order valence-electron chi connectivity index (χ2n) is 7.44. The topological polar surface area (TPSA) is 90.3 Å². The molecule has 158 valence electrons. The molecule has 0 radical (unpaired) electrons. The molecule has 0 unspecified atom stereocenters. The first-order valence-electron chi connectivity index (χ1n) is 9.72. The van der Waals surface area contributed by atoms with Gasteiger partial charge in [-0.05, 0) is 63.4 Å². The highest BCUT2D eigenvalue weighted by atomic mass is 32.2. The first-order chi connectivity index (χ1) is 13.8. The molecule has 29 heavy (non-hydrogen) atoms. The molecule has 1 fully saturated rings. The van der Waals surface area contributed by atoms with E-state index in [4.69, 9.17) is 4.74 Å². The van der Waals surface area contributed by atoms with Gasteiger partial charge in [-0.25, -0.2) is 12.8 Å². The second kappa shape index (κ2) is 9.04. The van der Waals surface area contributed by atoms with Gasteiger partial charge in [0.1, 0.15) is 11.5 Å². The number of sulfone groups is 1. The summed E-state index contributed by atoms with van der Waals surface area (Å²) < 4.78 is 46.1. The van der Waals surface area contributed by atoms with Crippen LogP contribution in [0.25, 0.3) is 0 Å². The normalized spacial score (nSPS) is 20.0. The molecule has 1 aromatic heterocycles. The van der Waals surface area contributed by atoms with Crippen molar-refractivity contribution < 1.29 is 22.3 Å². The third-order valence-corrected chi connectivity index (χ3v) is 7.28. The van der Waals surface area contributed by atoms with Crippen molar-refractivity contribution in [1.82, 2.24) is 15.1 Å². The maximum Gasteiger partial charge on any atom is 0.269 e. The Balaban J connectivity index is 1.55. The third kappa shape index (κ3) is 5.02. The van der Waals surface area contributed by atoms with Gasteiger partial charge in [-0.1, -0.05) is 0 Å². The fraction of sp³-hybridized carbons (Fsp3) is 0.500. The van der Waals surface area contributed by atoms with Gasteiger partial charge in [0.05, 0.1) is 16.2 Å². The first-order valence-corrected chi connectivity index (χ1v) is 11.3. The molecular weight excluding hydrogens is 397 g/mol. The maximum atomic E-state index is 13.1. The Hall–Kier alpha value is -2.26. The van der Waals surface area contributed by atoms with Gasteiger partial charge in [0, 0.05) is 25.4 Å². The Morgan fingerprint density at radius 3 is 2.72 bits per heavy atom. The van der Waals surface area contributed by atoms with Crippen LogP contribution in [0.1, 0.15) is 49.6 Å². The number of halogens is 1. The Morgan fingerprint density at radius 2 is 2.03 bits per heavy atom. The summed E-state index contributed by atoms with van der Waals surface area (Å²) in [5.41, 5.74) is 0.487. The number of carbonyl (C=O) groups excluding carboxylic acids is 1. The van der Waals surface area contributed by atoms with Crippen LogP contribution in [0.5, 0.6) is 0 Å². The number of ether oxygens (including phenoxy) is 1. The van der Waals surface area contributed by atoms with Gasteiger partial charge in [-0.15, -0.1) is 0 Å². The van der Waals surface area contributed by atoms with Crippen LogP contribution >= 0.6 is 0 Å². The molecular formula is C20H26FN3O4S. The monoisotopic (exact) mass is 423 g/mol. The van der Waals surface area contributed by atoms with Crippen LogP contribution in [0.2, 0.25) is 0 Å². The highest BCUT2D eigenvalue weighted by Crippen LogP contribution is 2.27. The summed E-state index contributed by atoms with van der Waals surface area (Å²) in [4.78, 5) is 12.5. The molecule has 1 saturated heterocycles. The molecule has 7 nitrogen and oxygen atoms in total. The van der Waals surface area contributed by atoms with Crippen molar-refractivity contribution in [1.29, 1.82) is 0 Å². The largest absolute Gasteiger partial charge is 0.378 e. The van der Waals surface area contributed by atoms with Crippen molar-refractivity contribution in [3.05, 3.63) is 48.0 Å². The van der Waals surface area contributed by atoms with Crippen molar-refractivity contribution in [2.45, 2.75) is 55.4 Å². The third-order valence-electron chi connectivity index (χ3n) is 5.04. The average molecular weight is 424 g/mol. The Labute approximate surface area is 170 Å². The zero-order chi connectivity index (χ0) is 21.0. The molecule has 0 spiro atoms. The minimum absolute atomic E-state index is 0.0739. The van der Waals surface area contributed by atoms with Crippen LogP contribution in [-0.2, 0) is 14.6 Å².